The fourth-order valence-electron chi connectivity index (χ4n) is 3.63. The average molecular weight is 471 g/mol. The Morgan fingerprint density at radius 3 is 2.35 bits per heavy atom. The lowest BCUT2D eigenvalue weighted by molar-refractivity contribution is -0.132. The summed E-state index contributed by atoms with van der Waals surface area (Å²) in [5.74, 6) is 0.373. The normalized spacial score (nSPS) is 18.4. The number of methoxy groups -OCH3 is 1. The van der Waals surface area contributed by atoms with Crippen LogP contribution in [-0.4, -0.2) is 66.4 Å². The number of rotatable bonds is 11. The van der Waals surface area contributed by atoms with Crippen LogP contribution >= 0.6 is 0 Å². The molecule has 2 unspecified atom stereocenters. The number of benzene rings is 2. The van der Waals surface area contributed by atoms with Gasteiger partial charge >= 0.3 is 12.0 Å². The van der Waals surface area contributed by atoms with Crippen LogP contribution in [0.25, 0.3) is 0 Å². The van der Waals surface area contributed by atoms with Gasteiger partial charge in [0.25, 0.3) is 5.91 Å². The minimum atomic E-state index is -1.08. The van der Waals surface area contributed by atoms with Crippen LogP contribution in [0.15, 0.2) is 48.5 Å². The molecule has 2 atom stereocenters. The molecule has 0 aromatic heterocycles. The van der Waals surface area contributed by atoms with E-state index in [4.69, 9.17) is 14.2 Å². The standard InChI is InChI=1S/C25H30N2O7/c1-4-33-22(29)18-7-11-21(12-8-18)34-16-19(28)15-27-23(30)25(2,26-24(27)31)14-13-17-5-9-20(32-3)10-6-17/h5-12,19,28H,4,13-16H2,1-3H3,(H,26,31). The van der Waals surface area contributed by atoms with Gasteiger partial charge in [-0.05, 0) is 68.7 Å². The highest BCUT2D eigenvalue weighted by Gasteiger charge is 2.47. The molecule has 1 fully saturated rings. The van der Waals surface area contributed by atoms with Crippen molar-refractivity contribution in [3.8, 4) is 11.5 Å². The number of aliphatic hydroxyl groups is 1. The Morgan fingerprint density at radius 2 is 1.74 bits per heavy atom. The molecule has 1 aliphatic rings. The van der Waals surface area contributed by atoms with Gasteiger partial charge in [0.05, 0.1) is 25.8 Å². The van der Waals surface area contributed by atoms with Crippen LogP contribution in [-0.2, 0) is 16.0 Å². The number of β-amino-alcohol motifs (C(OH)–C–C–N with tert-alkyl or cyclic N) is 1. The van der Waals surface area contributed by atoms with E-state index in [1.165, 1.54) is 0 Å². The van der Waals surface area contributed by atoms with Crippen molar-refractivity contribution in [3.05, 3.63) is 59.7 Å². The van der Waals surface area contributed by atoms with E-state index in [2.05, 4.69) is 5.32 Å². The number of aliphatic hydroxyl groups excluding tert-OH is 1. The molecule has 9 nitrogen and oxygen atoms in total. The fraction of sp³-hybridized carbons (Fsp3) is 0.400. The van der Waals surface area contributed by atoms with Crippen LogP contribution < -0.4 is 14.8 Å². The Labute approximate surface area is 198 Å². The summed E-state index contributed by atoms with van der Waals surface area (Å²) in [4.78, 5) is 38.1. The lowest BCUT2D eigenvalue weighted by Crippen LogP contribution is -2.45. The number of hydrogen-bond donors (Lipinski definition) is 2. The number of carbonyl (C=O) groups excluding carboxylic acids is 3. The number of imide groups is 1. The highest BCUT2D eigenvalue weighted by atomic mass is 16.5. The number of aryl methyl sites for hydroxylation is 1. The maximum Gasteiger partial charge on any atom is 0.338 e. The number of hydrogen-bond acceptors (Lipinski definition) is 7. The SMILES string of the molecule is CCOC(=O)c1ccc(OCC(O)CN2C(=O)NC(C)(CCc3ccc(OC)cc3)C2=O)cc1. The molecule has 0 bridgehead atoms. The average Bonchev–Trinajstić information content (AvgIpc) is 3.05. The van der Waals surface area contributed by atoms with Gasteiger partial charge in [-0.15, -0.1) is 0 Å². The lowest BCUT2D eigenvalue weighted by Gasteiger charge is -2.22. The zero-order valence-corrected chi connectivity index (χ0v) is 19.6. The molecule has 2 aromatic rings. The van der Waals surface area contributed by atoms with Gasteiger partial charge in [-0.2, -0.15) is 0 Å². The minimum Gasteiger partial charge on any atom is -0.497 e. The van der Waals surface area contributed by atoms with Crippen molar-refractivity contribution in [3.63, 3.8) is 0 Å². The van der Waals surface area contributed by atoms with E-state index in [1.807, 2.05) is 24.3 Å². The predicted molar refractivity (Wildman–Crippen MR) is 124 cm³/mol. The van der Waals surface area contributed by atoms with Crippen LogP contribution in [0.5, 0.6) is 11.5 Å². The van der Waals surface area contributed by atoms with E-state index in [-0.39, 0.29) is 25.7 Å². The monoisotopic (exact) mass is 470 g/mol. The first-order valence-electron chi connectivity index (χ1n) is 11.1. The Kier molecular flexibility index (Phi) is 8.12. The number of carbonyl (C=O) groups is 3. The molecule has 0 spiro atoms. The van der Waals surface area contributed by atoms with Gasteiger partial charge in [0.2, 0.25) is 0 Å². The van der Waals surface area contributed by atoms with Crippen LogP contribution in [0.4, 0.5) is 4.79 Å². The van der Waals surface area contributed by atoms with Gasteiger partial charge in [-0.1, -0.05) is 12.1 Å². The van der Waals surface area contributed by atoms with Crippen LogP contribution in [0, 0.1) is 0 Å². The molecule has 1 heterocycles. The molecule has 3 rings (SSSR count). The van der Waals surface area contributed by atoms with Gasteiger partial charge in [0.1, 0.15) is 29.7 Å². The first-order chi connectivity index (χ1) is 16.3. The van der Waals surface area contributed by atoms with E-state index in [0.717, 1.165) is 16.2 Å². The summed E-state index contributed by atoms with van der Waals surface area (Å²) >= 11 is 0. The third kappa shape index (κ3) is 6.05. The van der Waals surface area contributed by atoms with E-state index < -0.39 is 23.6 Å². The first-order valence-corrected chi connectivity index (χ1v) is 11.1. The number of ether oxygens (including phenoxy) is 3. The molecule has 0 saturated carbocycles. The quantitative estimate of drug-likeness (QED) is 0.383. The largest absolute Gasteiger partial charge is 0.497 e. The number of nitrogens with zero attached hydrogens (tertiary/aromatic N) is 1. The molecule has 2 aromatic carbocycles. The highest BCUT2D eigenvalue weighted by molar-refractivity contribution is 6.06. The molecular weight excluding hydrogens is 440 g/mol. The number of nitrogens with one attached hydrogen (secondary N) is 1. The highest BCUT2D eigenvalue weighted by Crippen LogP contribution is 2.24. The van der Waals surface area contributed by atoms with E-state index in [9.17, 15) is 19.5 Å². The van der Waals surface area contributed by atoms with Gasteiger partial charge in [-0.25, -0.2) is 9.59 Å². The van der Waals surface area contributed by atoms with E-state index in [1.54, 1.807) is 45.2 Å². The topological polar surface area (TPSA) is 114 Å². The van der Waals surface area contributed by atoms with E-state index in [0.29, 0.717) is 24.2 Å². The molecule has 0 radical (unpaired) electrons. The van der Waals surface area contributed by atoms with Crippen molar-refractivity contribution in [2.75, 3.05) is 26.9 Å². The summed E-state index contributed by atoms with van der Waals surface area (Å²) < 4.78 is 15.6. The van der Waals surface area contributed by atoms with E-state index >= 15 is 0 Å². The Morgan fingerprint density at radius 1 is 1.09 bits per heavy atom. The second kappa shape index (κ2) is 11.0. The van der Waals surface area contributed by atoms with Crippen LogP contribution in [0.2, 0.25) is 0 Å². The van der Waals surface area contributed by atoms with Gasteiger partial charge < -0.3 is 24.6 Å². The van der Waals surface area contributed by atoms with Crippen molar-refractivity contribution in [2.24, 2.45) is 0 Å². The Hall–Kier alpha value is -3.59. The number of urea groups is 1. The molecule has 9 heteroatoms. The maximum absolute atomic E-state index is 13.0. The summed E-state index contributed by atoms with van der Waals surface area (Å²) in [7, 11) is 1.60. The number of esters is 1. The summed E-state index contributed by atoms with van der Waals surface area (Å²) in [5, 5.41) is 13.1. The number of amides is 3. The third-order valence-electron chi connectivity index (χ3n) is 5.62. The third-order valence-corrected chi connectivity index (χ3v) is 5.62. The summed E-state index contributed by atoms with van der Waals surface area (Å²) in [6.45, 7) is 3.38. The van der Waals surface area contributed by atoms with Crippen molar-refractivity contribution in [1.82, 2.24) is 10.2 Å². The maximum atomic E-state index is 13.0. The summed E-state index contributed by atoms with van der Waals surface area (Å²) in [6.07, 6.45) is -0.0726. The molecule has 3 amide bonds. The van der Waals surface area contributed by atoms with Crippen LogP contribution in [0.3, 0.4) is 0 Å². The predicted octanol–water partition coefficient (Wildman–Crippen LogP) is 2.55. The molecule has 1 aliphatic heterocycles. The van der Waals surface area contributed by atoms with Crippen molar-refractivity contribution in [2.45, 2.75) is 38.3 Å². The molecule has 0 aliphatic carbocycles. The first kappa shape index (κ1) is 25.0. The van der Waals surface area contributed by atoms with Crippen molar-refractivity contribution in [1.29, 1.82) is 0 Å². The molecule has 1 saturated heterocycles. The van der Waals surface area contributed by atoms with Gasteiger partial charge in [0.15, 0.2) is 0 Å². The molecule has 182 valence electrons. The zero-order chi connectivity index (χ0) is 24.7. The Bertz CT molecular complexity index is 1010. The molecule has 34 heavy (non-hydrogen) atoms. The Balaban J connectivity index is 1.51. The molecular formula is C25H30N2O7. The molecule has 2 N–H and O–H groups in total. The van der Waals surface area contributed by atoms with Crippen LogP contribution in [0.1, 0.15) is 36.2 Å². The summed E-state index contributed by atoms with van der Waals surface area (Å²) in [6, 6.07) is 13.3. The lowest BCUT2D eigenvalue weighted by atomic mass is 9.93. The zero-order valence-electron chi connectivity index (χ0n) is 19.6. The van der Waals surface area contributed by atoms with Gasteiger partial charge in [0, 0.05) is 0 Å². The second-order valence-electron chi connectivity index (χ2n) is 8.24. The van der Waals surface area contributed by atoms with Gasteiger partial charge in [-0.3, -0.25) is 9.69 Å². The summed E-state index contributed by atoms with van der Waals surface area (Å²) in [5.41, 5.74) is 0.355. The second-order valence-corrected chi connectivity index (χ2v) is 8.24. The smallest absolute Gasteiger partial charge is 0.338 e. The fourth-order valence-corrected chi connectivity index (χ4v) is 3.63. The van der Waals surface area contributed by atoms with Crippen molar-refractivity contribution >= 4 is 17.9 Å². The minimum absolute atomic E-state index is 0.127. The van der Waals surface area contributed by atoms with Crippen molar-refractivity contribution < 1.29 is 33.7 Å².